The highest BCUT2D eigenvalue weighted by atomic mass is 32.2. The molecule has 1 atom stereocenters. The van der Waals surface area contributed by atoms with Crippen molar-refractivity contribution in [2.75, 3.05) is 12.9 Å². The van der Waals surface area contributed by atoms with E-state index in [1.54, 1.807) is 18.0 Å². The van der Waals surface area contributed by atoms with Crippen LogP contribution < -0.4 is 5.73 Å². The minimum Gasteiger partial charge on any atom is -0.468 e. The number of hydrogen-bond acceptors (Lipinski definition) is 5. The molecule has 2 rings (SSSR count). The lowest BCUT2D eigenvalue weighted by Gasteiger charge is -2.25. The standard InChI is InChI=1S/C12H17NO3S/c1-15-11(14)12(13,9-4-5-9)8-17-7-10-3-2-6-16-10/h2-3,6,9H,4-5,7-8,13H2,1H3. The molecule has 4 nitrogen and oxygen atoms in total. The van der Waals surface area contributed by atoms with Gasteiger partial charge < -0.3 is 14.9 Å². The van der Waals surface area contributed by atoms with E-state index in [2.05, 4.69) is 0 Å². The lowest BCUT2D eigenvalue weighted by atomic mass is 9.97. The third-order valence-corrected chi connectivity index (χ3v) is 4.21. The maximum Gasteiger partial charge on any atom is 0.326 e. The Morgan fingerprint density at radius 2 is 2.47 bits per heavy atom. The molecule has 1 aliphatic carbocycles. The quantitative estimate of drug-likeness (QED) is 0.785. The number of ether oxygens (including phenoxy) is 1. The van der Waals surface area contributed by atoms with Gasteiger partial charge in [0.05, 0.1) is 19.1 Å². The summed E-state index contributed by atoms with van der Waals surface area (Å²) in [5.74, 6) is 2.18. The number of carbonyl (C=O) groups is 1. The van der Waals surface area contributed by atoms with Crippen molar-refractivity contribution in [3.05, 3.63) is 24.2 Å². The lowest BCUT2D eigenvalue weighted by molar-refractivity contribution is -0.146. The third-order valence-electron chi connectivity index (χ3n) is 3.04. The molecular weight excluding hydrogens is 238 g/mol. The van der Waals surface area contributed by atoms with Crippen molar-refractivity contribution in [2.45, 2.75) is 24.1 Å². The highest BCUT2D eigenvalue weighted by molar-refractivity contribution is 7.98. The van der Waals surface area contributed by atoms with Gasteiger partial charge in [-0.2, -0.15) is 11.8 Å². The largest absolute Gasteiger partial charge is 0.468 e. The lowest BCUT2D eigenvalue weighted by Crippen LogP contribution is -2.53. The van der Waals surface area contributed by atoms with Crippen molar-refractivity contribution in [3.8, 4) is 0 Å². The zero-order chi connectivity index (χ0) is 12.3. The van der Waals surface area contributed by atoms with Crippen LogP contribution in [0.2, 0.25) is 0 Å². The molecule has 17 heavy (non-hydrogen) atoms. The Morgan fingerprint density at radius 3 is 3.00 bits per heavy atom. The second-order valence-corrected chi connectivity index (χ2v) is 5.36. The molecular formula is C12H17NO3S. The Hall–Kier alpha value is -0.940. The summed E-state index contributed by atoms with van der Waals surface area (Å²) < 4.78 is 10.0. The highest BCUT2D eigenvalue weighted by Crippen LogP contribution is 2.40. The van der Waals surface area contributed by atoms with Gasteiger partial charge in [0.1, 0.15) is 11.3 Å². The molecule has 1 aromatic heterocycles. The molecule has 2 N–H and O–H groups in total. The molecule has 1 aromatic rings. The van der Waals surface area contributed by atoms with E-state index in [0.29, 0.717) is 5.75 Å². The monoisotopic (exact) mass is 255 g/mol. The average molecular weight is 255 g/mol. The molecule has 5 heteroatoms. The topological polar surface area (TPSA) is 65.5 Å². The second kappa shape index (κ2) is 5.14. The molecule has 0 bridgehead atoms. The van der Waals surface area contributed by atoms with Crippen LogP contribution in [0.5, 0.6) is 0 Å². The molecule has 1 fully saturated rings. The predicted molar refractivity (Wildman–Crippen MR) is 66.5 cm³/mol. The summed E-state index contributed by atoms with van der Waals surface area (Å²) >= 11 is 1.61. The van der Waals surface area contributed by atoms with Crippen LogP contribution in [0.4, 0.5) is 0 Å². The van der Waals surface area contributed by atoms with Crippen molar-refractivity contribution >= 4 is 17.7 Å². The molecule has 1 unspecified atom stereocenters. The molecule has 94 valence electrons. The van der Waals surface area contributed by atoms with Gasteiger partial charge in [-0.1, -0.05) is 0 Å². The van der Waals surface area contributed by atoms with Gasteiger partial charge in [0, 0.05) is 5.75 Å². The van der Waals surface area contributed by atoms with Gasteiger partial charge in [-0.15, -0.1) is 0 Å². The maximum absolute atomic E-state index is 11.7. The zero-order valence-corrected chi connectivity index (χ0v) is 10.7. The molecule has 0 amide bonds. The first-order chi connectivity index (χ1) is 8.16. The fourth-order valence-electron chi connectivity index (χ4n) is 1.85. The summed E-state index contributed by atoms with van der Waals surface area (Å²) in [6.07, 6.45) is 3.69. The molecule has 0 saturated heterocycles. The molecule has 0 aromatic carbocycles. The molecule has 1 aliphatic rings. The van der Waals surface area contributed by atoms with E-state index < -0.39 is 5.54 Å². The summed E-state index contributed by atoms with van der Waals surface area (Å²) in [5, 5.41) is 0. The summed E-state index contributed by atoms with van der Waals surface area (Å²) in [7, 11) is 1.39. The molecule has 0 aliphatic heterocycles. The van der Waals surface area contributed by atoms with Crippen molar-refractivity contribution in [3.63, 3.8) is 0 Å². The molecule has 1 saturated carbocycles. The summed E-state index contributed by atoms with van der Waals surface area (Å²) in [4.78, 5) is 11.7. The van der Waals surface area contributed by atoms with Crippen LogP contribution in [-0.2, 0) is 15.3 Å². The van der Waals surface area contributed by atoms with Gasteiger partial charge >= 0.3 is 5.97 Å². The Kier molecular flexibility index (Phi) is 3.79. The van der Waals surface area contributed by atoms with Crippen LogP contribution >= 0.6 is 11.8 Å². The Bertz CT molecular complexity index is 375. The number of thioether (sulfide) groups is 1. The predicted octanol–water partition coefficient (Wildman–Crippen LogP) is 1.79. The van der Waals surface area contributed by atoms with E-state index in [1.807, 2.05) is 12.1 Å². The minimum absolute atomic E-state index is 0.277. The summed E-state index contributed by atoms with van der Waals surface area (Å²) in [5.41, 5.74) is 5.34. The summed E-state index contributed by atoms with van der Waals surface area (Å²) in [6, 6.07) is 3.77. The number of rotatable bonds is 6. The minimum atomic E-state index is -0.827. The average Bonchev–Trinajstić information content (AvgIpc) is 3.07. The third kappa shape index (κ3) is 2.84. The van der Waals surface area contributed by atoms with Gasteiger partial charge in [-0.25, -0.2) is 0 Å². The van der Waals surface area contributed by atoms with Crippen molar-refractivity contribution < 1.29 is 13.9 Å². The van der Waals surface area contributed by atoms with Gasteiger partial charge in [0.2, 0.25) is 0 Å². The SMILES string of the molecule is COC(=O)C(N)(CSCc1ccco1)C1CC1. The first kappa shape index (κ1) is 12.5. The van der Waals surface area contributed by atoms with Crippen molar-refractivity contribution in [2.24, 2.45) is 11.7 Å². The van der Waals surface area contributed by atoms with Gasteiger partial charge in [0.25, 0.3) is 0 Å². The summed E-state index contributed by atoms with van der Waals surface area (Å²) in [6.45, 7) is 0. The smallest absolute Gasteiger partial charge is 0.326 e. The molecule has 1 heterocycles. The maximum atomic E-state index is 11.7. The van der Waals surface area contributed by atoms with Crippen molar-refractivity contribution in [1.82, 2.24) is 0 Å². The number of furan rings is 1. The van der Waals surface area contributed by atoms with E-state index in [1.165, 1.54) is 7.11 Å². The van der Waals surface area contributed by atoms with E-state index >= 15 is 0 Å². The first-order valence-corrected chi connectivity index (χ1v) is 6.79. The first-order valence-electron chi connectivity index (χ1n) is 5.64. The zero-order valence-electron chi connectivity index (χ0n) is 9.85. The Morgan fingerprint density at radius 1 is 1.71 bits per heavy atom. The fraction of sp³-hybridized carbons (Fsp3) is 0.583. The number of esters is 1. The van der Waals surface area contributed by atoms with Gasteiger partial charge in [-0.3, -0.25) is 4.79 Å². The van der Waals surface area contributed by atoms with Crippen LogP contribution in [0.15, 0.2) is 22.8 Å². The second-order valence-electron chi connectivity index (χ2n) is 4.38. The van der Waals surface area contributed by atoms with Crippen LogP contribution in [0.3, 0.4) is 0 Å². The van der Waals surface area contributed by atoms with Crippen LogP contribution in [0.25, 0.3) is 0 Å². The van der Waals surface area contributed by atoms with Crippen LogP contribution in [0.1, 0.15) is 18.6 Å². The molecule has 0 spiro atoms. The number of carbonyl (C=O) groups excluding carboxylic acids is 1. The normalized spacial score (nSPS) is 18.7. The van der Waals surface area contributed by atoms with Crippen molar-refractivity contribution in [1.29, 1.82) is 0 Å². The Labute approximate surface area is 105 Å². The van der Waals surface area contributed by atoms with E-state index in [-0.39, 0.29) is 11.9 Å². The Balaban J connectivity index is 1.87. The number of nitrogens with two attached hydrogens (primary N) is 1. The van der Waals surface area contributed by atoms with E-state index in [0.717, 1.165) is 24.4 Å². The number of methoxy groups -OCH3 is 1. The van der Waals surface area contributed by atoms with Gasteiger partial charge in [-0.05, 0) is 30.9 Å². The van der Waals surface area contributed by atoms with Crippen LogP contribution in [0, 0.1) is 5.92 Å². The van der Waals surface area contributed by atoms with E-state index in [4.69, 9.17) is 14.9 Å². The van der Waals surface area contributed by atoms with Gasteiger partial charge in [0.15, 0.2) is 0 Å². The highest BCUT2D eigenvalue weighted by Gasteiger charge is 2.48. The van der Waals surface area contributed by atoms with E-state index in [9.17, 15) is 4.79 Å². The fourth-order valence-corrected chi connectivity index (χ4v) is 3.01. The van der Waals surface area contributed by atoms with Crippen LogP contribution in [-0.4, -0.2) is 24.4 Å². The number of hydrogen-bond donors (Lipinski definition) is 1. The molecule has 0 radical (unpaired) electrons.